The molecule has 0 N–H and O–H groups in total. The van der Waals surface area contributed by atoms with Crippen molar-refractivity contribution in [3.8, 4) is 5.75 Å². The molecule has 0 bridgehead atoms. The maximum atomic E-state index is 12.8. The Bertz CT molecular complexity index is 799. The average molecular weight is 369 g/mol. The first kappa shape index (κ1) is 17.8. The third kappa shape index (κ3) is 4.35. The molecule has 2 aromatic rings. The predicted molar refractivity (Wildman–Crippen MR) is 88.0 cm³/mol. The van der Waals surface area contributed by atoms with Crippen LogP contribution in [0.3, 0.4) is 0 Å². The lowest BCUT2D eigenvalue weighted by Crippen LogP contribution is -2.38. The van der Waals surface area contributed by atoms with Crippen molar-refractivity contribution in [3.05, 3.63) is 41.8 Å². The Morgan fingerprint density at radius 3 is 2.60 bits per heavy atom. The number of nitrogens with zero attached hydrogens (tertiary/aromatic N) is 3. The summed E-state index contributed by atoms with van der Waals surface area (Å²) in [5.74, 6) is 1.29. The highest BCUT2D eigenvalue weighted by Gasteiger charge is 2.29. The molecule has 2 heterocycles. The molecule has 1 aliphatic rings. The number of piperidine rings is 1. The maximum Gasteiger partial charge on any atom is 0.264 e. The number of hydrogen-bond acceptors (Lipinski definition) is 6. The number of sulfonamides is 1. The van der Waals surface area contributed by atoms with Gasteiger partial charge < -0.3 is 9.26 Å². The molecule has 7 nitrogen and oxygen atoms in total. The van der Waals surface area contributed by atoms with E-state index in [4.69, 9.17) is 9.26 Å². The van der Waals surface area contributed by atoms with Gasteiger partial charge in [0.15, 0.2) is 12.4 Å². The molecule has 1 aromatic carbocycles. The zero-order valence-electron chi connectivity index (χ0n) is 13.9. The van der Waals surface area contributed by atoms with E-state index in [1.54, 1.807) is 6.92 Å². The normalized spacial score (nSPS) is 16.9. The van der Waals surface area contributed by atoms with Crippen LogP contribution >= 0.6 is 0 Å². The zero-order chi connectivity index (χ0) is 17.9. The largest absolute Gasteiger partial charge is 0.484 e. The number of rotatable bonds is 6. The number of aromatic nitrogens is 2. The minimum Gasteiger partial charge on any atom is -0.484 e. The molecule has 25 heavy (non-hydrogen) atoms. The first-order chi connectivity index (χ1) is 12.0. The molecule has 0 unspecified atom stereocenters. The van der Waals surface area contributed by atoms with E-state index in [1.165, 1.54) is 28.6 Å². The van der Waals surface area contributed by atoms with Crippen LogP contribution in [0, 0.1) is 5.82 Å². The van der Waals surface area contributed by atoms with Gasteiger partial charge in [-0.2, -0.15) is 4.98 Å². The predicted octanol–water partition coefficient (Wildman–Crippen LogP) is 2.32. The molecule has 0 spiro atoms. The molecule has 0 amide bonds. The van der Waals surface area contributed by atoms with Crippen LogP contribution in [0.5, 0.6) is 5.75 Å². The van der Waals surface area contributed by atoms with Crippen molar-refractivity contribution in [2.24, 2.45) is 0 Å². The standard InChI is InChI=1S/C16H20FN3O4S/c1-2-25(21,22)20-9-7-12(8-10-20)16-18-15(24-19-16)11-23-14-5-3-13(17)4-6-14/h3-6,12H,2,7-11H2,1H3. The van der Waals surface area contributed by atoms with Gasteiger partial charge in [0.2, 0.25) is 10.0 Å². The summed E-state index contributed by atoms with van der Waals surface area (Å²) in [6.45, 7) is 2.68. The van der Waals surface area contributed by atoms with Gasteiger partial charge in [0.05, 0.1) is 5.75 Å². The van der Waals surface area contributed by atoms with E-state index < -0.39 is 10.0 Å². The second-order valence-corrected chi connectivity index (χ2v) is 8.12. The van der Waals surface area contributed by atoms with Crippen molar-refractivity contribution in [2.45, 2.75) is 32.3 Å². The third-order valence-electron chi connectivity index (χ3n) is 4.24. The van der Waals surface area contributed by atoms with Gasteiger partial charge in [-0.3, -0.25) is 0 Å². The highest BCUT2D eigenvalue weighted by atomic mass is 32.2. The van der Waals surface area contributed by atoms with Crippen LogP contribution in [0.15, 0.2) is 28.8 Å². The summed E-state index contributed by atoms with van der Waals surface area (Å²) in [4.78, 5) is 4.33. The summed E-state index contributed by atoms with van der Waals surface area (Å²) in [7, 11) is -3.14. The number of halogens is 1. The minimum atomic E-state index is -3.14. The molecule has 0 atom stereocenters. The molecule has 1 aromatic heterocycles. The summed E-state index contributed by atoms with van der Waals surface area (Å²) in [5, 5.41) is 3.98. The van der Waals surface area contributed by atoms with Crippen LogP contribution in [0.25, 0.3) is 0 Å². The van der Waals surface area contributed by atoms with Crippen LogP contribution in [0.1, 0.15) is 37.4 Å². The quantitative estimate of drug-likeness (QED) is 0.777. The van der Waals surface area contributed by atoms with Gasteiger partial charge in [0, 0.05) is 19.0 Å². The fraction of sp³-hybridized carbons (Fsp3) is 0.500. The van der Waals surface area contributed by atoms with Crippen LogP contribution in [0.4, 0.5) is 4.39 Å². The highest BCUT2D eigenvalue weighted by Crippen LogP contribution is 2.27. The second kappa shape index (κ2) is 7.49. The number of ether oxygens (including phenoxy) is 1. The van der Waals surface area contributed by atoms with Gasteiger partial charge in [0.1, 0.15) is 11.6 Å². The second-order valence-electron chi connectivity index (χ2n) is 5.86. The van der Waals surface area contributed by atoms with E-state index in [9.17, 15) is 12.8 Å². The van der Waals surface area contributed by atoms with Crippen LogP contribution in [0.2, 0.25) is 0 Å². The van der Waals surface area contributed by atoms with E-state index >= 15 is 0 Å². The lowest BCUT2D eigenvalue weighted by atomic mass is 9.98. The van der Waals surface area contributed by atoms with Gasteiger partial charge in [-0.05, 0) is 44.0 Å². The van der Waals surface area contributed by atoms with Crippen molar-refractivity contribution in [3.63, 3.8) is 0 Å². The van der Waals surface area contributed by atoms with Crippen molar-refractivity contribution < 1.29 is 22.1 Å². The van der Waals surface area contributed by atoms with Crippen molar-refractivity contribution in [2.75, 3.05) is 18.8 Å². The van der Waals surface area contributed by atoms with Crippen molar-refractivity contribution >= 4 is 10.0 Å². The lowest BCUT2D eigenvalue weighted by Gasteiger charge is -2.29. The first-order valence-corrected chi connectivity index (χ1v) is 9.77. The van der Waals surface area contributed by atoms with E-state index in [-0.39, 0.29) is 24.1 Å². The first-order valence-electron chi connectivity index (χ1n) is 8.16. The van der Waals surface area contributed by atoms with Crippen LogP contribution in [-0.2, 0) is 16.6 Å². The summed E-state index contributed by atoms with van der Waals surface area (Å²) >= 11 is 0. The van der Waals surface area contributed by atoms with Gasteiger partial charge >= 0.3 is 0 Å². The number of hydrogen-bond donors (Lipinski definition) is 0. The van der Waals surface area contributed by atoms with Gasteiger partial charge in [-0.25, -0.2) is 17.1 Å². The topological polar surface area (TPSA) is 85.5 Å². The summed E-state index contributed by atoms with van der Waals surface area (Å²) in [6, 6.07) is 5.67. The molecule has 0 aliphatic carbocycles. The van der Waals surface area contributed by atoms with Crippen molar-refractivity contribution in [1.29, 1.82) is 0 Å². The molecule has 0 radical (unpaired) electrons. The van der Waals surface area contributed by atoms with Crippen molar-refractivity contribution in [1.82, 2.24) is 14.4 Å². The number of benzene rings is 1. The van der Waals surface area contributed by atoms with E-state index in [1.807, 2.05) is 0 Å². The summed E-state index contributed by atoms with van der Waals surface area (Å²) < 4.78 is 48.8. The third-order valence-corrected chi connectivity index (χ3v) is 6.12. The fourth-order valence-corrected chi connectivity index (χ4v) is 3.88. The molecule has 1 saturated heterocycles. The van der Waals surface area contributed by atoms with E-state index in [2.05, 4.69) is 10.1 Å². The Labute approximate surface area is 145 Å². The van der Waals surface area contributed by atoms with Gasteiger partial charge in [-0.15, -0.1) is 0 Å². The minimum absolute atomic E-state index is 0.0756. The van der Waals surface area contributed by atoms with Crippen LogP contribution in [-0.4, -0.2) is 41.7 Å². The molecule has 9 heteroatoms. The molecule has 136 valence electrons. The average Bonchev–Trinajstić information content (AvgIpc) is 3.10. The zero-order valence-corrected chi connectivity index (χ0v) is 14.7. The maximum absolute atomic E-state index is 12.8. The Balaban J connectivity index is 1.54. The molecule has 1 aliphatic heterocycles. The smallest absolute Gasteiger partial charge is 0.264 e. The molecule has 3 rings (SSSR count). The van der Waals surface area contributed by atoms with E-state index in [0.717, 1.165) is 0 Å². The van der Waals surface area contributed by atoms with Gasteiger partial charge in [0.25, 0.3) is 5.89 Å². The Kier molecular flexibility index (Phi) is 5.33. The van der Waals surface area contributed by atoms with Crippen LogP contribution < -0.4 is 4.74 Å². The SMILES string of the molecule is CCS(=O)(=O)N1CCC(c2noc(COc3ccc(F)cc3)n2)CC1. The van der Waals surface area contributed by atoms with Gasteiger partial charge in [-0.1, -0.05) is 5.16 Å². The summed E-state index contributed by atoms with van der Waals surface area (Å²) in [5.41, 5.74) is 0. The van der Waals surface area contributed by atoms with E-state index in [0.29, 0.717) is 43.4 Å². The molecular formula is C16H20FN3O4S. The Hall–Kier alpha value is -2.00. The fourth-order valence-electron chi connectivity index (χ4n) is 2.74. The summed E-state index contributed by atoms with van der Waals surface area (Å²) in [6.07, 6.45) is 1.33. The lowest BCUT2D eigenvalue weighted by molar-refractivity contribution is 0.241. The Morgan fingerprint density at radius 2 is 1.96 bits per heavy atom. The monoisotopic (exact) mass is 369 g/mol. The molecule has 0 saturated carbocycles. The highest BCUT2D eigenvalue weighted by molar-refractivity contribution is 7.89. The Morgan fingerprint density at radius 1 is 1.28 bits per heavy atom. The molecule has 1 fully saturated rings. The molecular weight excluding hydrogens is 349 g/mol.